The average molecular weight is 321 g/mol. The minimum absolute atomic E-state index is 0. The molecule has 1 saturated heterocycles. The lowest BCUT2D eigenvalue weighted by molar-refractivity contribution is 0.265. The third-order valence-corrected chi connectivity index (χ3v) is 5.07. The molecule has 1 aromatic carbocycles. The van der Waals surface area contributed by atoms with Crippen LogP contribution in [0.3, 0.4) is 0 Å². The molecule has 1 aliphatic carbocycles. The Balaban J connectivity index is 0.00000133. The van der Waals surface area contributed by atoms with Crippen LogP contribution in [0.1, 0.15) is 25.8 Å². The van der Waals surface area contributed by atoms with Crippen LogP contribution in [0, 0.1) is 11.8 Å². The molecule has 4 heteroatoms. The summed E-state index contributed by atoms with van der Waals surface area (Å²) in [5.74, 6) is 1.57. The van der Waals surface area contributed by atoms with Crippen molar-refractivity contribution in [3.8, 4) is 0 Å². The first-order valence-corrected chi connectivity index (χ1v) is 7.45. The van der Waals surface area contributed by atoms with Crippen LogP contribution in [-0.2, 0) is 5.41 Å². The molecule has 1 heterocycles. The van der Waals surface area contributed by atoms with E-state index in [0.717, 1.165) is 11.8 Å². The molecular weight excluding hydrogens is 301 g/mol. The number of likely N-dealkylation sites (tertiary alicyclic amines) is 1. The van der Waals surface area contributed by atoms with E-state index < -0.39 is 0 Å². The number of hydrogen-bond donors (Lipinski definition) is 0. The van der Waals surface area contributed by atoms with Crippen LogP contribution in [0.15, 0.2) is 18.2 Å². The smallest absolute Gasteiger partial charge is 0.0595 e. The molecule has 0 N–H and O–H groups in total. The van der Waals surface area contributed by atoms with Crippen LogP contribution < -0.4 is 0 Å². The Labute approximate surface area is 131 Å². The van der Waals surface area contributed by atoms with Gasteiger partial charge < -0.3 is 4.90 Å². The first-order chi connectivity index (χ1) is 8.51. The second-order valence-corrected chi connectivity index (χ2v) is 7.09. The monoisotopic (exact) mass is 319 g/mol. The van der Waals surface area contributed by atoms with Crippen molar-refractivity contribution in [1.29, 1.82) is 0 Å². The summed E-state index contributed by atoms with van der Waals surface area (Å²) in [7, 11) is 0. The van der Waals surface area contributed by atoms with E-state index in [2.05, 4.69) is 30.9 Å². The lowest BCUT2D eigenvalue weighted by atomic mass is 9.95. The molecule has 0 radical (unpaired) electrons. The summed E-state index contributed by atoms with van der Waals surface area (Å²) in [6.45, 7) is 8.22. The lowest BCUT2D eigenvalue weighted by Crippen LogP contribution is -2.29. The Kier molecular flexibility index (Phi) is 4.42. The van der Waals surface area contributed by atoms with Gasteiger partial charge in [-0.15, -0.1) is 12.4 Å². The average Bonchev–Trinajstić information content (AvgIpc) is 2.86. The molecule has 0 bridgehead atoms. The number of nitrogens with zero attached hydrogens (tertiary/aromatic N) is 1. The molecule has 2 aliphatic rings. The fourth-order valence-corrected chi connectivity index (χ4v) is 3.79. The van der Waals surface area contributed by atoms with Gasteiger partial charge in [0, 0.05) is 25.0 Å². The molecule has 1 saturated carbocycles. The fourth-order valence-electron chi connectivity index (χ4n) is 3.50. The van der Waals surface area contributed by atoms with E-state index in [1.807, 2.05) is 6.07 Å². The van der Waals surface area contributed by atoms with E-state index in [1.165, 1.54) is 31.6 Å². The summed E-state index contributed by atoms with van der Waals surface area (Å²) in [6, 6.07) is 6.17. The van der Waals surface area contributed by atoms with Gasteiger partial charge in [-0.1, -0.05) is 43.1 Å². The van der Waals surface area contributed by atoms with Crippen molar-refractivity contribution in [1.82, 2.24) is 4.90 Å². The van der Waals surface area contributed by atoms with Crippen molar-refractivity contribution in [3.05, 3.63) is 33.8 Å². The van der Waals surface area contributed by atoms with E-state index in [9.17, 15) is 0 Å². The van der Waals surface area contributed by atoms with Crippen LogP contribution >= 0.6 is 35.6 Å². The van der Waals surface area contributed by atoms with Crippen LogP contribution in [0.4, 0.5) is 0 Å². The lowest BCUT2D eigenvalue weighted by Gasteiger charge is -2.22. The van der Waals surface area contributed by atoms with Crippen molar-refractivity contribution >= 4 is 35.6 Å². The summed E-state index contributed by atoms with van der Waals surface area (Å²) in [5.41, 5.74) is 1.76. The second kappa shape index (κ2) is 5.44. The molecule has 3 rings (SSSR count). The SMILES string of the molecule is CC(C)CN1CC2CC2(c2ccc(Cl)c(Cl)c2)C1.Cl. The summed E-state index contributed by atoms with van der Waals surface area (Å²) in [4.78, 5) is 2.60. The van der Waals surface area contributed by atoms with E-state index in [-0.39, 0.29) is 12.4 Å². The van der Waals surface area contributed by atoms with Gasteiger partial charge in [0.05, 0.1) is 10.0 Å². The Morgan fingerprint density at radius 1 is 1.32 bits per heavy atom. The maximum Gasteiger partial charge on any atom is 0.0595 e. The van der Waals surface area contributed by atoms with Crippen molar-refractivity contribution in [2.75, 3.05) is 19.6 Å². The zero-order chi connectivity index (χ0) is 12.9. The summed E-state index contributed by atoms with van der Waals surface area (Å²) < 4.78 is 0. The standard InChI is InChI=1S/C15H19Cl2N.ClH/c1-10(2)7-18-8-12-6-15(12,9-18)11-3-4-13(16)14(17)5-11;/h3-5,10,12H,6-9H2,1-2H3;1H. The van der Waals surface area contributed by atoms with Gasteiger partial charge in [0.2, 0.25) is 0 Å². The predicted molar refractivity (Wildman–Crippen MR) is 84.8 cm³/mol. The van der Waals surface area contributed by atoms with E-state index in [4.69, 9.17) is 23.2 Å². The van der Waals surface area contributed by atoms with E-state index in [1.54, 1.807) is 0 Å². The minimum Gasteiger partial charge on any atom is -0.302 e. The van der Waals surface area contributed by atoms with Gasteiger partial charge in [0.15, 0.2) is 0 Å². The Hall–Kier alpha value is 0.0500. The summed E-state index contributed by atoms with van der Waals surface area (Å²) in [6.07, 6.45) is 1.32. The number of hydrogen-bond acceptors (Lipinski definition) is 1. The molecule has 0 spiro atoms. The maximum atomic E-state index is 6.15. The van der Waals surface area contributed by atoms with Crippen LogP contribution in [0.2, 0.25) is 10.0 Å². The first-order valence-electron chi connectivity index (χ1n) is 6.69. The predicted octanol–water partition coefficient (Wildman–Crippen LogP) is 4.64. The molecule has 2 atom stereocenters. The van der Waals surface area contributed by atoms with Gasteiger partial charge in [-0.05, 0) is 36.0 Å². The highest BCUT2D eigenvalue weighted by atomic mass is 35.5. The summed E-state index contributed by atoms with van der Waals surface area (Å²) in [5, 5.41) is 1.35. The first kappa shape index (κ1) is 15.4. The van der Waals surface area contributed by atoms with Crippen molar-refractivity contribution in [2.45, 2.75) is 25.7 Å². The van der Waals surface area contributed by atoms with Crippen molar-refractivity contribution in [3.63, 3.8) is 0 Å². The molecule has 0 aromatic heterocycles. The van der Waals surface area contributed by atoms with Gasteiger partial charge in [-0.2, -0.15) is 0 Å². The van der Waals surface area contributed by atoms with Crippen LogP contribution in [0.25, 0.3) is 0 Å². The Morgan fingerprint density at radius 2 is 2.05 bits per heavy atom. The fraction of sp³-hybridized carbons (Fsp3) is 0.600. The molecule has 1 aromatic rings. The molecule has 1 aliphatic heterocycles. The Morgan fingerprint density at radius 3 is 2.68 bits per heavy atom. The van der Waals surface area contributed by atoms with Crippen LogP contribution in [-0.4, -0.2) is 24.5 Å². The third kappa shape index (κ3) is 2.76. The van der Waals surface area contributed by atoms with E-state index in [0.29, 0.717) is 15.5 Å². The highest BCUT2D eigenvalue weighted by Gasteiger charge is 2.60. The van der Waals surface area contributed by atoms with Gasteiger partial charge >= 0.3 is 0 Å². The van der Waals surface area contributed by atoms with Crippen LogP contribution in [0.5, 0.6) is 0 Å². The molecule has 1 nitrogen and oxygen atoms in total. The van der Waals surface area contributed by atoms with Gasteiger partial charge in [-0.3, -0.25) is 0 Å². The van der Waals surface area contributed by atoms with Crippen molar-refractivity contribution < 1.29 is 0 Å². The second-order valence-electron chi connectivity index (χ2n) is 6.27. The molecule has 0 amide bonds. The highest BCUT2D eigenvalue weighted by Crippen LogP contribution is 2.59. The number of benzene rings is 1. The normalized spacial score (nSPS) is 29.2. The largest absolute Gasteiger partial charge is 0.302 e. The quantitative estimate of drug-likeness (QED) is 0.784. The van der Waals surface area contributed by atoms with Gasteiger partial charge in [-0.25, -0.2) is 0 Å². The molecular formula is C15H20Cl3N. The molecule has 106 valence electrons. The minimum atomic E-state index is 0. The number of fused-ring (bicyclic) bond motifs is 1. The number of rotatable bonds is 3. The highest BCUT2D eigenvalue weighted by molar-refractivity contribution is 6.42. The topological polar surface area (TPSA) is 3.24 Å². The molecule has 19 heavy (non-hydrogen) atoms. The summed E-state index contributed by atoms with van der Waals surface area (Å²) >= 11 is 12.1. The maximum absolute atomic E-state index is 6.15. The number of halogens is 3. The third-order valence-electron chi connectivity index (χ3n) is 4.33. The zero-order valence-electron chi connectivity index (χ0n) is 11.3. The zero-order valence-corrected chi connectivity index (χ0v) is 13.7. The van der Waals surface area contributed by atoms with Gasteiger partial charge in [0.1, 0.15) is 0 Å². The van der Waals surface area contributed by atoms with Crippen molar-refractivity contribution in [2.24, 2.45) is 11.8 Å². The molecule has 2 unspecified atom stereocenters. The molecule has 2 fully saturated rings. The Bertz CT molecular complexity index is 474. The van der Waals surface area contributed by atoms with E-state index >= 15 is 0 Å². The van der Waals surface area contributed by atoms with Gasteiger partial charge in [0.25, 0.3) is 0 Å². The number of piperidine rings is 1.